The van der Waals surface area contributed by atoms with Gasteiger partial charge >= 0.3 is 6.18 Å². The minimum absolute atomic E-state index is 0.117. The maximum Gasteiger partial charge on any atom is 0.420 e. The number of hydrogen-bond acceptors (Lipinski definition) is 2. The molecule has 0 aliphatic rings. The molecule has 3 rings (SSSR count). The van der Waals surface area contributed by atoms with Crippen LogP contribution in [0.15, 0.2) is 30.9 Å². The number of aromatic nitrogens is 4. The Balaban J connectivity index is 2.35. The van der Waals surface area contributed by atoms with Crippen LogP contribution in [0.25, 0.3) is 16.8 Å². The molecule has 0 radical (unpaired) electrons. The van der Waals surface area contributed by atoms with Gasteiger partial charge < -0.3 is 0 Å². The molecule has 19 heavy (non-hydrogen) atoms. The van der Waals surface area contributed by atoms with E-state index in [1.165, 1.54) is 29.2 Å². The summed E-state index contributed by atoms with van der Waals surface area (Å²) in [4.78, 5) is 3.69. The molecule has 8 heteroatoms. The summed E-state index contributed by atoms with van der Waals surface area (Å²) in [6.45, 7) is 0. The predicted molar refractivity (Wildman–Crippen MR) is 62.8 cm³/mol. The van der Waals surface area contributed by atoms with Crippen molar-refractivity contribution in [3.8, 4) is 11.1 Å². The Hall–Kier alpha value is -2.02. The summed E-state index contributed by atoms with van der Waals surface area (Å²) in [5.74, 6) is 0. The fourth-order valence-corrected chi connectivity index (χ4v) is 2.01. The summed E-state index contributed by atoms with van der Waals surface area (Å²) in [5, 5.41) is 6.39. The van der Waals surface area contributed by atoms with Gasteiger partial charge in [0.15, 0.2) is 0 Å². The molecular formula is C11H6ClF3N4. The smallest absolute Gasteiger partial charge is 0.289 e. The lowest BCUT2D eigenvalue weighted by molar-refractivity contribution is -0.136. The van der Waals surface area contributed by atoms with Crippen molar-refractivity contribution in [3.63, 3.8) is 0 Å². The van der Waals surface area contributed by atoms with Crippen molar-refractivity contribution in [2.75, 3.05) is 0 Å². The zero-order valence-electron chi connectivity index (χ0n) is 9.24. The number of pyridine rings is 1. The Morgan fingerprint density at radius 3 is 2.63 bits per heavy atom. The molecule has 0 aromatic carbocycles. The minimum atomic E-state index is -4.50. The molecule has 0 saturated carbocycles. The predicted octanol–water partition coefficient (Wildman–Crippen LogP) is 3.40. The van der Waals surface area contributed by atoms with E-state index in [0.29, 0.717) is 11.1 Å². The average Bonchev–Trinajstić information content (AvgIpc) is 2.97. The number of nitrogens with one attached hydrogen (secondary N) is 1. The number of hydrogen-bond donors (Lipinski definition) is 1. The molecule has 3 aromatic heterocycles. The molecule has 4 nitrogen and oxygen atoms in total. The van der Waals surface area contributed by atoms with Gasteiger partial charge in [0.2, 0.25) is 0 Å². The number of fused-ring (bicyclic) bond motifs is 1. The van der Waals surface area contributed by atoms with Crippen LogP contribution in [0.3, 0.4) is 0 Å². The third-order valence-electron chi connectivity index (χ3n) is 2.70. The lowest BCUT2D eigenvalue weighted by Gasteiger charge is -2.10. The SMILES string of the molecule is FC(F)(F)c1cc(-c2cn[nH]c2)cn2c(Cl)cnc12. The largest absolute Gasteiger partial charge is 0.420 e. The van der Waals surface area contributed by atoms with Crippen molar-refractivity contribution in [2.24, 2.45) is 0 Å². The molecule has 0 amide bonds. The van der Waals surface area contributed by atoms with Crippen LogP contribution in [0.2, 0.25) is 5.15 Å². The fraction of sp³-hybridized carbons (Fsp3) is 0.0909. The second-order valence-corrected chi connectivity index (χ2v) is 4.29. The van der Waals surface area contributed by atoms with Gasteiger partial charge in [0.25, 0.3) is 0 Å². The third-order valence-corrected chi connectivity index (χ3v) is 2.98. The van der Waals surface area contributed by atoms with Gasteiger partial charge in [0.05, 0.1) is 18.0 Å². The van der Waals surface area contributed by atoms with Crippen molar-refractivity contribution in [3.05, 3.63) is 41.6 Å². The summed E-state index contributed by atoms with van der Waals surface area (Å²) in [5.41, 5.74) is -0.159. The van der Waals surface area contributed by atoms with Crippen molar-refractivity contribution >= 4 is 17.2 Å². The minimum Gasteiger partial charge on any atom is -0.289 e. The maximum absolute atomic E-state index is 13.0. The van der Waals surface area contributed by atoms with Crippen LogP contribution in [0.1, 0.15) is 5.56 Å². The van der Waals surface area contributed by atoms with Gasteiger partial charge in [0.1, 0.15) is 10.8 Å². The topological polar surface area (TPSA) is 46.0 Å². The number of halogens is 4. The van der Waals surface area contributed by atoms with Crippen LogP contribution in [0.5, 0.6) is 0 Å². The van der Waals surface area contributed by atoms with E-state index in [2.05, 4.69) is 15.2 Å². The first kappa shape index (κ1) is 12.0. The van der Waals surface area contributed by atoms with Crippen LogP contribution >= 0.6 is 11.6 Å². The summed E-state index contributed by atoms with van der Waals surface area (Å²) in [6.07, 6.45) is 1.12. The summed E-state index contributed by atoms with van der Waals surface area (Å²) in [6, 6.07) is 1.03. The highest BCUT2D eigenvalue weighted by Crippen LogP contribution is 2.35. The van der Waals surface area contributed by atoms with Crippen LogP contribution in [0, 0.1) is 0 Å². The highest BCUT2D eigenvalue weighted by molar-refractivity contribution is 6.29. The van der Waals surface area contributed by atoms with E-state index in [1.807, 2.05) is 0 Å². The first-order chi connectivity index (χ1) is 8.97. The van der Waals surface area contributed by atoms with Crippen molar-refractivity contribution in [2.45, 2.75) is 6.18 Å². The Morgan fingerprint density at radius 1 is 1.21 bits per heavy atom. The molecule has 0 bridgehead atoms. The van der Waals surface area contributed by atoms with E-state index in [4.69, 9.17) is 11.6 Å². The number of rotatable bonds is 1. The molecule has 0 aliphatic carbocycles. The van der Waals surface area contributed by atoms with Gasteiger partial charge in [-0.25, -0.2) is 4.98 Å². The number of alkyl halides is 3. The Morgan fingerprint density at radius 2 is 2.00 bits per heavy atom. The second kappa shape index (κ2) is 3.99. The molecule has 0 saturated heterocycles. The first-order valence-electron chi connectivity index (χ1n) is 5.20. The van der Waals surface area contributed by atoms with Crippen LogP contribution in [0.4, 0.5) is 13.2 Å². The van der Waals surface area contributed by atoms with Gasteiger partial charge in [-0.2, -0.15) is 18.3 Å². The van der Waals surface area contributed by atoms with Gasteiger partial charge in [-0.05, 0) is 6.07 Å². The Kier molecular flexibility index (Phi) is 2.53. The third kappa shape index (κ3) is 1.95. The monoisotopic (exact) mass is 286 g/mol. The summed E-state index contributed by atoms with van der Waals surface area (Å²) < 4.78 is 40.3. The normalized spacial score (nSPS) is 12.2. The number of aromatic amines is 1. The van der Waals surface area contributed by atoms with Crippen molar-refractivity contribution < 1.29 is 13.2 Å². The van der Waals surface area contributed by atoms with Gasteiger partial charge in [-0.15, -0.1) is 0 Å². The molecule has 3 aromatic rings. The molecule has 0 atom stereocenters. The molecule has 98 valence electrons. The number of nitrogens with zero attached hydrogens (tertiary/aromatic N) is 3. The van der Waals surface area contributed by atoms with Gasteiger partial charge in [-0.3, -0.25) is 9.50 Å². The molecule has 0 unspecified atom stereocenters. The van der Waals surface area contributed by atoms with E-state index in [-0.39, 0.29) is 10.8 Å². The molecule has 0 aliphatic heterocycles. The molecule has 1 N–H and O–H groups in total. The highest BCUT2D eigenvalue weighted by atomic mass is 35.5. The average molecular weight is 287 g/mol. The summed E-state index contributed by atoms with van der Waals surface area (Å²) in [7, 11) is 0. The van der Waals surface area contributed by atoms with Crippen molar-refractivity contribution in [1.29, 1.82) is 0 Å². The first-order valence-corrected chi connectivity index (χ1v) is 5.57. The van der Waals surface area contributed by atoms with Gasteiger partial charge in [0, 0.05) is 23.5 Å². The van der Waals surface area contributed by atoms with Crippen LogP contribution in [-0.2, 0) is 6.18 Å². The number of imidazole rings is 1. The highest BCUT2D eigenvalue weighted by Gasteiger charge is 2.34. The van der Waals surface area contributed by atoms with Crippen LogP contribution in [-0.4, -0.2) is 19.6 Å². The fourth-order valence-electron chi connectivity index (χ4n) is 1.83. The lowest BCUT2D eigenvalue weighted by Crippen LogP contribution is -2.08. The zero-order valence-corrected chi connectivity index (χ0v) is 10.00. The van der Waals surface area contributed by atoms with E-state index in [9.17, 15) is 13.2 Å². The Bertz CT molecular complexity index is 730. The lowest BCUT2D eigenvalue weighted by atomic mass is 10.1. The second-order valence-electron chi connectivity index (χ2n) is 3.90. The quantitative estimate of drug-likeness (QED) is 0.745. The van der Waals surface area contributed by atoms with E-state index >= 15 is 0 Å². The summed E-state index contributed by atoms with van der Waals surface area (Å²) >= 11 is 5.84. The van der Waals surface area contributed by atoms with E-state index < -0.39 is 11.7 Å². The molecule has 3 heterocycles. The molecule has 0 spiro atoms. The zero-order chi connectivity index (χ0) is 13.6. The van der Waals surface area contributed by atoms with E-state index in [1.54, 1.807) is 0 Å². The van der Waals surface area contributed by atoms with Gasteiger partial charge in [-0.1, -0.05) is 11.6 Å². The van der Waals surface area contributed by atoms with Crippen LogP contribution < -0.4 is 0 Å². The van der Waals surface area contributed by atoms with Crippen molar-refractivity contribution in [1.82, 2.24) is 19.6 Å². The Labute approximate surface area is 109 Å². The molecule has 0 fully saturated rings. The number of H-pyrrole nitrogens is 1. The standard InChI is InChI=1S/C11H6ClF3N4/c12-9-4-16-10-8(11(13,14)15)1-6(5-19(9)10)7-2-17-18-3-7/h1-5H,(H,17,18). The van der Waals surface area contributed by atoms with E-state index in [0.717, 1.165) is 6.07 Å². The maximum atomic E-state index is 13.0. The molecular weight excluding hydrogens is 281 g/mol.